The highest BCUT2D eigenvalue weighted by molar-refractivity contribution is 9.10. The molecule has 0 radical (unpaired) electrons. The molecule has 0 spiro atoms. The lowest BCUT2D eigenvalue weighted by Crippen LogP contribution is -2.30. The van der Waals surface area contributed by atoms with E-state index in [2.05, 4.69) is 15.9 Å². The predicted molar refractivity (Wildman–Crippen MR) is 88.7 cm³/mol. The van der Waals surface area contributed by atoms with E-state index in [4.69, 9.17) is 5.73 Å². The Labute approximate surface area is 136 Å². The Morgan fingerprint density at radius 2 is 2.14 bits per heavy atom. The average Bonchev–Trinajstić information content (AvgIpc) is 3.07. The highest BCUT2D eigenvalue weighted by Crippen LogP contribution is 2.38. The van der Waals surface area contributed by atoms with Crippen LogP contribution in [0.4, 0.5) is 5.69 Å². The zero-order valence-electron chi connectivity index (χ0n) is 11.2. The third-order valence-electron chi connectivity index (χ3n) is 3.60. The van der Waals surface area contributed by atoms with Crippen LogP contribution in [-0.2, 0) is 10.0 Å². The molecule has 0 aliphatic carbocycles. The molecule has 7 heteroatoms. The van der Waals surface area contributed by atoms with Crippen LogP contribution in [0.2, 0.25) is 0 Å². The third-order valence-corrected chi connectivity index (χ3v) is 7.43. The molecule has 3 rings (SSSR count). The highest BCUT2D eigenvalue weighted by atomic mass is 79.9. The zero-order valence-corrected chi connectivity index (χ0v) is 14.4. The van der Waals surface area contributed by atoms with Gasteiger partial charge in [0, 0.05) is 22.1 Å². The number of nitrogen functional groups attached to an aromatic ring is 1. The lowest BCUT2D eigenvalue weighted by Gasteiger charge is -2.23. The van der Waals surface area contributed by atoms with Crippen molar-refractivity contribution in [3.8, 4) is 0 Å². The lowest BCUT2D eigenvalue weighted by atomic mass is 10.1. The van der Waals surface area contributed by atoms with Crippen LogP contribution >= 0.6 is 27.3 Å². The van der Waals surface area contributed by atoms with Crippen molar-refractivity contribution in [1.82, 2.24) is 4.31 Å². The van der Waals surface area contributed by atoms with Crippen LogP contribution in [-0.4, -0.2) is 19.3 Å². The van der Waals surface area contributed by atoms with E-state index < -0.39 is 10.0 Å². The minimum Gasteiger partial charge on any atom is -0.398 e. The van der Waals surface area contributed by atoms with E-state index in [9.17, 15) is 8.42 Å². The van der Waals surface area contributed by atoms with Crippen LogP contribution in [0.25, 0.3) is 0 Å². The lowest BCUT2D eigenvalue weighted by molar-refractivity contribution is 0.398. The number of benzene rings is 1. The van der Waals surface area contributed by atoms with Crippen molar-refractivity contribution < 1.29 is 8.42 Å². The van der Waals surface area contributed by atoms with Crippen LogP contribution in [0, 0.1) is 0 Å². The fourth-order valence-electron chi connectivity index (χ4n) is 2.66. The molecule has 1 aromatic carbocycles. The topological polar surface area (TPSA) is 63.4 Å². The summed E-state index contributed by atoms with van der Waals surface area (Å²) in [6.07, 6.45) is 1.72. The summed E-state index contributed by atoms with van der Waals surface area (Å²) in [5.41, 5.74) is 7.18. The summed E-state index contributed by atoms with van der Waals surface area (Å²) in [7, 11) is -3.47. The maximum absolute atomic E-state index is 12.8. The van der Waals surface area contributed by atoms with Gasteiger partial charge in [0.2, 0.25) is 0 Å². The number of sulfonamides is 1. The molecule has 2 aromatic rings. The Morgan fingerprint density at radius 3 is 2.81 bits per heavy atom. The maximum Gasteiger partial charge on any atom is 0.253 e. The first kappa shape index (κ1) is 15.0. The minimum atomic E-state index is -3.47. The van der Waals surface area contributed by atoms with Gasteiger partial charge in [-0.3, -0.25) is 0 Å². The molecule has 0 bridgehead atoms. The normalized spacial score (nSPS) is 20.0. The molecule has 2 heterocycles. The molecule has 112 valence electrons. The number of anilines is 1. The first-order chi connectivity index (χ1) is 9.98. The summed E-state index contributed by atoms with van der Waals surface area (Å²) in [5.74, 6) is 0. The summed E-state index contributed by atoms with van der Waals surface area (Å²) in [6, 6.07) is 9.28. The van der Waals surface area contributed by atoms with E-state index in [-0.39, 0.29) is 6.04 Å². The number of nitrogens with zero attached hydrogens (tertiary/aromatic N) is 1. The molecule has 21 heavy (non-hydrogen) atoms. The van der Waals surface area contributed by atoms with Gasteiger partial charge in [0.05, 0.1) is 6.04 Å². The van der Waals surface area contributed by atoms with Gasteiger partial charge in [0.1, 0.15) is 4.21 Å². The molecule has 2 N–H and O–H groups in total. The Hall–Kier alpha value is -0.890. The number of nitrogens with two attached hydrogens (primary N) is 1. The predicted octanol–water partition coefficient (Wildman–Crippen LogP) is 3.62. The van der Waals surface area contributed by atoms with Gasteiger partial charge < -0.3 is 5.73 Å². The van der Waals surface area contributed by atoms with Crippen LogP contribution < -0.4 is 5.73 Å². The van der Waals surface area contributed by atoms with Gasteiger partial charge in [0.15, 0.2) is 0 Å². The minimum absolute atomic E-state index is 0.101. The van der Waals surface area contributed by atoms with Crippen molar-refractivity contribution >= 4 is 43.0 Å². The van der Waals surface area contributed by atoms with Gasteiger partial charge in [-0.25, -0.2) is 8.42 Å². The maximum atomic E-state index is 12.8. The van der Waals surface area contributed by atoms with E-state index in [1.54, 1.807) is 9.69 Å². The van der Waals surface area contributed by atoms with E-state index in [1.165, 1.54) is 17.4 Å². The Kier molecular flexibility index (Phi) is 4.09. The second kappa shape index (κ2) is 5.72. The van der Waals surface area contributed by atoms with Crippen LogP contribution in [0.5, 0.6) is 0 Å². The quantitative estimate of drug-likeness (QED) is 0.875. The first-order valence-electron chi connectivity index (χ1n) is 6.60. The van der Waals surface area contributed by atoms with E-state index >= 15 is 0 Å². The van der Waals surface area contributed by atoms with Crippen molar-refractivity contribution in [2.24, 2.45) is 0 Å². The van der Waals surface area contributed by atoms with Crippen LogP contribution in [0.1, 0.15) is 24.4 Å². The fourth-order valence-corrected chi connectivity index (χ4v) is 5.96. The molecule has 0 amide bonds. The van der Waals surface area contributed by atoms with Crippen LogP contribution in [0.15, 0.2) is 44.4 Å². The fraction of sp³-hybridized carbons (Fsp3) is 0.286. The molecule has 1 atom stereocenters. The number of halogens is 1. The molecule has 0 saturated carbocycles. The van der Waals surface area contributed by atoms with Gasteiger partial charge in [-0.1, -0.05) is 28.1 Å². The largest absolute Gasteiger partial charge is 0.398 e. The van der Waals surface area contributed by atoms with Gasteiger partial charge in [0.25, 0.3) is 10.0 Å². The van der Waals surface area contributed by atoms with Gasteiger partial charge in [-0.15, -0.1) is 11.3 Å². The monoisotopic (exact) mass is 386 g/mol. The molecular formula is C14H15BrN2O2S2. The second-order valence-corrected chi connectivity index (χ2v) is 8.97. The van der Waals surface area contributed by atoms with Crippen LogP contribution in [0.3, 0.4) is 0 Å². The summed E-state index contributed by atoms with van der Waals surface area (Å²) < 4.78 is 28.5. The first-order valence-corrected chi connectivity index (χ1v) is 9.71. The number of rotatable bonds is 3. The van der Waals surface area contributed by atoms with E-state index in [1.807, 2.05) is 24.3 Å². The molecule has 1 saturated heterocycles. The van der Waals surface area contributed by atoms with Gasteiger partial charge >= 0.3 is 0 Å². The number of thiophene rings is 1. The summed E-state index contributed by atoms with van der Waals surface area (Å²) in [4.78, 5) is 0. The Morgan fingerprint density at radius 1 is 1.33 bits per heavy atom. The Bertz CT molecular complexity index is 758. The van der Waals surface area contributed by atoms with E-state index in [0.717, 1.165) is 22.9 Å². The van der Waals surface area contributed by atoms with Crippen molar-refractivity contribution in [2.75, 3.05) is 12.3 Å². The molecular weight excluding hydrogens is 372 g/mol. The number of hydrogen-bond acceptors (Lipinski definition) is 4. The second-order valence-electron chi connectivity index (χ2n) is 5.03. The van der Waals surface area contributed by atoms with Crippen molar-refractivity contribution in [3.05, 3.63) is 45.7 Å². The molecule has 1 unspecified atom stereocenters. The van der Waals surface area contributed by atoms with Gasteiger partial charge in [-0.2, -0.15) is 4.31 Å². The van der Waals surface area contributed by atoms with Crippen molar-refractivity contribution in [2.45, 2.75) is 23.1 Å². The van der Waals surface area contributed by atoms with Crippen molar-refractivity contribution in [1.29, 1.82) is 0 Å². The molecule has 1 aliphatic heterocycles. The van der Waals surface area contributed by atoms with E-state index in [0.29, 0.717) is 16.4 Å². The average molecular weight is 387 g/mol. The molecule has 1 aromatic heterocycles. The smallest absolute Gasteiger partial charge is 0.253 e. The molecule has 1 fully saturated rings. The summed E-state index contributed by atoms with van der Waals surface area (Å²) in [5, 5.41) is 1.66. The number of hydrogen-bond donors (Lipinski definition) is 1. The molecule has 1 aliphatic rings. The standard InChI is InChI=1S/C14H15BrN2O2S2/c15-11-4-1-3-10(7-11)13-5-2-6-17(13)21(18,19)14-8-12(16)9-20-14/h1,3-4,7-9,13H,2,5-6,16H2. The summed E-state index contributed by atoms with van der Waals surface area (Å²) >= 11 is 4.63. The van der Waals surface area contributed by atoms with Crippen molar-refractivity contribution in [3.63, 3.8) is 0 Å². The molecule has 4 nitrogen and oxygen atoms in total. The SMILES string of the molecule is Nc1csc(S(=O)(=O)N2CCCC2c2cccc(Br)c2)c1. The van der Waals surface area contributed by atoms with Gasteiger partial charge in [-0.05, 0) is 36.6 Å². The highest BCUT2D eigenvalue weighted by Gasteiger charge is 2.36. The third kappa shape index (κ3) is 2.88. The zero-order chi connectivity index (χ0) is 15.0. The Balaban J connectivity index is 1.97. The summed E-state index contributed by atoms with van der Waals surface area (Å²) in [6.45, 7) is 0.553.